The smallest absolute Gasteiger partial charge is 0.266 e. The second kappa shape index (κ2) is 5.44. The molecule has 0 aliphatic heterocycles. The van der Waals surface area contributed by atoms with E-state index in [4.69, 9.17) is 0 Å². The molecule has 0 aliphatic rings. The maximum atomic E-state index is 11.9. The molecule has 1 N–H and O–H groups in total. The quantitative estimate of drug-likeness (QED) is 0.915. The van der Waals surface area contributed by atoms with Gasteiger partial charge >= 0.3 is 0 Å². The van der Waals surface area contributed by atoms with Gasteiger partial charge < -0.3 is 5.32 Å². The summed E-state index contributed by atoms with van der Waals surface area (Å²) in [6.45, 7) is 0. The Morgan fingerprint density at radius 3 is 2.32 bits per heavy atom. The monoisotopic (exact) mass is 359 g/mol. The fourth-order valence-electron chi connectivity index (χ4n) is 1.43. The van der Waals surface area contributed by atoms with Gasteiger partial charge in [0, 0.05) is 16.4 Å². The molecule has 0 aliphatic carbocycles. The fraction of sp³-hybridized carbons (Fsp3) is 0.0833. The summed E-state index contributed by atoms with van der Waals surface area (Å²) in [5.41, 5.74) is 0.553. The normalized spacial score (nSPS) is 11.3. The van der Waals surface area contributed by atoms with Crippen LogP contribution in [-0.4, -0.2) is 20.6 Å². The standard InChI is InChI=1S/C12H10BrNO3S2/c1-19(16,17)9-4-2-8(3-5-9)14-12(15)11-10(13)6-7-18-11/h2-7H,1H3,(H,14,15). The predicted molar refractivity (Wildman–Crippen MR) is 79.5 cm³/mol. The highest BCUT2D eigenvalue weighted by molar-refractivity contribution is 9.10. The van der Waals surface area contributed by atoms with E-state index in [0.717, 1.165) is 10.7 Å². The first-order valence-corrected chi connectivity index (χ1v) is 8.79. The molecule has 7 heteroatoms. The van der Waals surface area contributed by atoms with Crippen molar-refractivity contribution in [3.05, 3.63) is 45.1 Å². The van der Waals surface area contributed by atoms with Crippen molar-refractivity contribution in [1.29, 1.82) is 0 Å². The third-order valence-corrected chi connectivity index (χ3v) is 5.33. The van der Waals surface area contributed by atoms with E-state index in [-0.39, 0.29) is 10.8 Å². The molecule has 0 unspecified atom stereocenters. The van der Waals surface area contributed by atoms with Crippen LogP contribution >= 0.6 is 27.3 Å². The highest BCUT2D eigenvalue weighted by Gasteiger charge is 2.12. The summed E-state index contributed by atoms with van der Waals surface area (Å²) in [7, 11) is -3.22. The first kappa shape index (κ1) is 14.2. The Balaban J connectivity index is 2.17. The minimum absolute atomic E-state index is 0.225. The number of anilines is 1. The summed E-state index contributed by atoms with van der Waals surface area (Å²) < 4.78 is 23.4. The molecular weight excluding hydrogens is 350 g/mol. The van der Waals surface area contributed by atoms with E-state index in [1.54, 1.807) is 18.2 Å². The van der Waals surface area contributed by atoms with Gasteiger partial charge in [-0.05, 0) is 51.6 Å². The van der Waals surface area contributed by atoms with Crippen LogP contribution in [0.25, 0.3) is 0 Å². The molecule has 19 heavy (non-hydrogen) atoms. The third kappa shape index (κ3) is 3.43. The molecule has 0 saturated heterocycles. The number of benzene rings is 1. The molecule has 0 saturated carbocycles. The van der Waals surface area contributed by atoms with Crippen LogP contribution in [0.4, 0.5) is 5.69 Å². The van der Waals surface area contributed by atoms with Crippen LogP contribution in [0.2, 0.25) is 0 Å². The SMILES string of the molecule is CS(=O)(=O)c1ccc(NC(=O)c2sccc2Br)cc1. The van der Waals surface area contributed by atoms with Gasteiger partial charge in [0.2, 0.25) is 0 Å². The number of thiophene rings is 1. The number of sulfone groups is 1. The van der Waals surface area contributed by atoms with Gasteiger partial charge in [-0.3, -0.25) is 4.79 Å². The third-order valence-electron chi connectivity index (χ3n) is 2.36. The molecule has 0 bridgehead atoms. The largest absolute Gasteiger partial charge is 0.321 e. The maximum Gasteiger partial charge on any atom is 0.266 e. The average molecular weight is 360 g/mol. The van der Waals surface area contributed by atoms with Crippen LogP contribution in [0.15, 0.2) is 45.1 Å². The van der Waals surface area contributed by atoms with Crippen LogP contribution in [0.3, 0.4) is 0 Å². The lowest BCUT2D eigenvalue weighted by molar-refractivity contribution is 0.103. The summed E-state index contributed by atoms with van der Waals surface area (Å²) >= 11 is 4.62. The number of carbonyl (C=O) groups is 1. The van der Waals surface area contributed by atoms with Gasteiger partial charge in [0.1, 0.15) is 4.88 Å². The van der Waals surface area contributed by atoms with Crippen LogP contribution < -0.4 is 5.32 Å². The minimum Gasteiger partial charge on any atom is -0.321 e. The molecule has 0 radical (unpaired) electrons. The number of amides is 1. The van der Waals surface area contributed by atoms with E-state index in [9.17, 15) is 13.2 Å². The molecule has 1 aromatic heterocycles. The number of hydrogen-bond acceptors (Lipinski definition) is 4. The van der Waals surface area contributed by atoms with Gasteiger partial charge in [0.05, 0.1) is 4.90 Å². The first-order chi connectivity index (χ1) is 8.88. The highest BCUT2D eigenvalue weighted by atomic mass is 79.9. The van der Waals surface area contributed by atoms with Crippen molar-refractivity contribution >= 4 is 48.7 Å². The number of hydrogen-bond donors (Lipinski definition) is 1. The van der Waals surface area contributed by atoms with Gasteiger partial charge in [-0.1, -0.05) is 0 Å². The molecule has 1 amide bonds. The fourth-order valence-corrected chi connectivity index (χ4v) is 3.51. The van der Waals surface area contributed by atoms with Crippen molar-refractivity contribution in [2.45, 2.75) is 4.90 Å². The van der Waals surface area contributed by atoms with Gasteiger partial charge in [0.25, 0.3) is 5.91 Å². The van der Waals surface area contributed by atoms with Crippen molar-refractivity contribution in [2.24, 2.45) is 0 Å². The summed E-state index contributed by atoms with van der Waals surface area (Å²) in [6, 6.07) is 7.86. The van der Waals surface area contributed by atoms with Crippen molar-refractivity contribution in [1.82, 2.24) is 0 Å². The lowest BCUT2D eigenvalue weighted by Crippen LogP contribution is -2.10. The maximum absolute atomic E-state index is 11.9. The molecule has 2 aromatic rings. The Morgan fingerprint density at radius 1 is 1.21 bits per heavy atom. The number of rotatable bonds is 3. The summed E-state index contributed by atoms with van der Waals surface area (Å²) in [6.07, 6.45) is 1.14. The Hall–Kier alpha value is -1.18. The first-order valence-electron chi connectivity index (χ1n) is 5.22. The second-order valence-corrected chi connectivity index (χ2v) is 7.63. The molecule has 1 heterocycles. The highest BCUT2D eigenvalue weighted by Crippen LogP contribution is 2.24. The van der Waals surface area contributed by atoms with Crippen molar-refractivity contribution in [3.63, 3.8) is 0 Å². The predicted octanol–water partition coefficient (Wildman–Crippen LogP) is 3.17. The van der Waals surface area contributed by atoms with Crippen LogP contribution in [-0.2, 0) is 9.84 Å². The van der Waals surface area contributed by atoms with Crippen LogP contribution in [0.1, 0.15) is 9.67 Å². The van der Waals surface area contributed by atoms with Crippen LogP contribution in [0.5, 0.6) is 0 Å². The molecule has 0 fully saturated rings. The van der Waals surface area contributed by atoms with Gasteiger partial charge in [-0.15, -0.1) is 11.3 Å². The molecule has 4 nitrogen and oxygen atoms in total. The summed E-state index contributed by atoms with van der Waals surface area (Å²) in [4.78, 5) is 12.7. The van der Waals surface area contributed by atoms with E-state index in [1.807, 2.05) is 5.38 Å². The second-order valence-electron chi connectivity index (χ2n) is 3.85. The zero-order valence-electron chi connectivity index (χ0n) is 9.88. The van der Waals surface area contributed by atoms with Crippen molar-refractivity contribution in [2.75, 3.05) is 11.6 Å². The Bertz CT molecular complexity index is 705. The summed E-state index contributed by atoms with van der Waals surface area (Å²) in [5.74, 6) is -0.228. The number of carbonyl (C=O) groups excluding carboxylic acids is 1. The number of nitrogens with one attached hydrogen (secondary N) is 1. The van der Waals surface area contributed by atoms with E-state index in [1.165, 1.54) is 23.5 Å². The zero-order valence-corrected chi connectivity index (χ0v) is 13.1. The average Bonchev–Trinajstić information content (AvgIpc) is 2.75. The van der Waals surface area contributed by atoms with Gasteiger partial charge in [-0.2, -0.15) is 0 Å². The zero-order chi connectivity index (χ0) is 14.0. The van der Waals surface area contributed by atoms with E-state index >= 15 is 0 Å². The van der Waals surface area contributed by atoms with Crippen molar-refractivity contribution in [3.8, 4) is 0 Å². The Kier molecular flexibility index (Phi) is 4.07. The summed E-state index contributed by atoms with van der Waals surface area (Å²) in [5, 5.41) is 4.52. The van der Waals surface area contributed by atoms with Gasteiger partial charge in [0.15, 0.2) is 9.84 Å². The number of halogens is 1. The molecule has 1 aromatic carbocycles. The Morgan fingerprint density at radius 2 is 1.84 bits per heavy atom. The lowest BCUT2D eigenvalue weighted by Gasteiger charge is -2.05. The lowest BCUT2D eigenvalue weighted by atomic mass is 10.3. The Labute approximate surface area is 123 Å². The van der Waals surface area contributed by atoms with Crippen LogP contribution in [0, 0.1) is 0 Å². The van der Waals surface area contributed by atoms with E-state index in [0.29, 0.717) is 10.6 Å². The van der Waals surface area contributed by atoms with Gasteiger partial charge in [-0.25, -0.2) is 8.42 Å². The molecule has 0 spiro atoms. The molecule has 2 rings (SSSR count). The van der Waals surface area contributed by atoms with E-state index < -0.39 is 9.84 Å². The molecular formula is C12H10BrNO3S2. The van der Waals surface area contributed by atoms with E-state index in [2.05, 4.69) is 21.2 Å². The molecule has 0 atom stereocenters. The topological polar surface area (TPSA) is 63.2 Å². The van der Waals surface area contributed by atoms with Crippen molar-refractivity contribution < 1.29 is 13.2 Å². The minimum atomic E-state index is -3.22. The molecule has 100 valence electrons.